The van der Waals surface area contributed by atoms with Gasteiger partial charge in [-0.3, -0.25) is 4.68 Å². The molecule has 0 bridgehead atoms. The lowest BCUT2D eigenvalue weighted by atomic mass is 9.98. The van der Waals surface area contributed by atoms with Crippen molar-refractivity contribution in [2.24, 2.45) is 10.3 Å². The van der Waals surface area contributed by atoms with Crippen molar-refractivity contribution in [3.8, 4) is 0 Å². The second kappa shape index (κ2) is 6.98. The van der Waals surface area contributed by atoms with E-state index in [1.165, 1.54) is 22.8 Å². The molecule has 2 aliphatic heterocycles. The second-order valence-electron chi connectivity index (χ2n) is 6.81. The molecule has 28 heavy (non-hydrogen) atoms. The van der Waals surface area contributed by atoms with Gasteiger partial charge in [0.2, 0.25) is 10.0 Å². The van der Waals surface area contributed by atoms with E-state index in [-0.39, 0.29) is 22.3 Å². The SMILES string of the molecule is CCn1cc(S(=O)(=O)N2CCC[C@H](C3=NS(=O)(=O)c4ccccc4N3)C2)cn1. The highest BCUT2D eigenvalue weighted by atomic mass is 32.2. The van der Waals surface area contributed by atoms with Crippen molar-refractivity contribution in [1.29, 1.82) is 0 Å². The number of para-hydroxylation sites is 1. The van der Waals surface area contributed by atoms with Crippen molar-refractivity contribution in [3.05, 3.63) is 36.7 Å². The lowest BCUT2D eigenvalue weighted by Crippen LogP contribution is -2.44. The number of piperidine rings is 1. The zero-order chi connectivity index (χ0) is 19.9. The second-order valence-corrected chi connectivity index (χ2v) is 10.3. The van der Waals surface area contributed by atoms with E-state index in [0.29, 0.717) is 37.5 Å². The van der Waals surface area contributed by atoms with E-state index in [4.69, 9.17) is 0 Å². The van der Waals surface area contributed by atoms with Crippen LogP contribution in [0, 0.1) is 5.92 Å². The number of aromatic nitrogens is 2. The number of benzene rings is 1. The third-order valence-electron chi connectivity index (χ3n) is 4.99. The molecule has 9 nitrogen and oxygen atoms in total. The van der Waals surface area contributed by atoms with Crippen LogP contribution in [0.25, 0.3) is 0 Å². The Morgan fingerprint density at radius 2 is 2.07 bits per heavy atom. The Bertz CT molecular complexity index is 1140. The Balaban J connectivity index is 1.60. The first kappa shape index (κ1) is 19.1. The lowest BCUT2D eigenvalue weighted by Gasteiger charge is -2.33. The van der Waals surface area contributed by atoms with Crippen molar-refractivity contribution < 1.29 is 16.8 Å². The number of anilines is 1. The summed E-state index contributed by atoms with van der Waals surface area (Å²) in [6.07, 6.45) is 4.13. The molecule has 1 N–H and O–H groups in total. The van der Waals surface area contributed by atoms with Crippen LogP contribution in [-0.4, -0.2) is 49.8 Å². The van der Waals surface area contributed by atoms with Crippen molar-refractivity contribution in [2.45, 2.75) is 36.1 Å². The molecule has 0 unspecified atom stereocenters. The predicted octanol–water partition coefficient (Wildman–Crippen LogP) is 1.52. The summed E-state index contributed by atoms with van der Waals surface area (Å²) in [5.41, 5.74) is 0.469. The van der Waals surface area contributed by atoms with Gasteiger partial charge in [-0.25, -0.2) is 8.42 Å². The molecule has 0 radical (unpaired) electrons. The monoisotopic (exact) mass is 423 g/mol. The number of sulfonamides is 2. The van der Waals surface area contributed by atoms with E-state index in [0.717, 1.165) is 0 Å². The standard InChI is InChI=1S/C17H21N5O4S2/c1-2-21-12-14(10-18-21)28(25,26)22-9-5-6-13(11-22)17-19-15-7-3-4-8-16(15)27(23,24)20-17/h3-4,7-8,10,12-13H,2,5-6,9,11H2,1H3,(H,19,20)/t13-/m0/s1. The fourth-order valence-corrected chi connectivity index (χ4v) is 6.17. The van der Waals surface area contributed by atoms with Crippen LogP contribution in [-0.2, 0) is 26.6 Å². The molecule has 2 aromatic rings. The van der Waals surface area contributed by atoms with Crippen LogP contribution in [0.3, 0.4) is 0 Å². The average molecular weight is 424 g/mol. The summed E-state index contributed by atoms with van der Waals surface area (Å²) in [4.78, 5) is 0.275. The average Bonchev–Trinajstić information content (AvgIpc) is 3.18. The van der Waals surface area contributed by atoms with Crippen molar-refractivity contribution in [2.75, 3.05) is 18.4 Å². The molecule has 1 atom stereocenters. The molecule has 0 saturated carbocycles. The van der Waals surface area contributed by atoms with Crippen LogP contribution in [0.1, 0.15) is 19.8 Å². The molecule has 4 rings (SSSR count). The maximum atomic E-state index is 13.0. The van der Waals surface area contributed by atoms with Crippen LogP contribution in [0.4, 0.5) is 5.69 Å². The highest BCUT2D eigenvalue weighted by Crippen LogP contribution is 2.31. The minimum atomic E-state index is -3.80. The highest BCUT2D eigenvalue weighted by Gasteiger charge is 2.36. The molecular weight excluding hydrogens is 402 g/mol. The van der Waals surface area contributed by atoms with Gasteiger partial charge in [0.05, 0.1) is 11.9 Å². The minimum absolute atomic E-state index is 0.131. The normalized spacial score (nSPS) is 22.2. The number of nitrogens with zero attached hydrogens (tertiary/aromatic N) is 4. The largest absolute Gasteiger partial charge is 0.342 e. The summed E-state index contributed by atoms with van der Waals surface area (Å²) in [7, 11) is -7.50. The molecule has 11 heteroatoms. The van der Waals surface area contributed by atoms with Crippen LogP contribution in [0.2, 0.25) is 0 Å². The maximum absolute atomic E-state index is 13.0. The molecule has 150 valence electrons. The van der Waals surface area contributed by atoms with E-state index in [1.54, 1.807) is 22.9 Å². The molecule has 1 aromatic heterocycles. The molecule has 1 saturated heterocycles. The fraction of sp³-hybridized carbons (Fsp3) is 0.412. The molecular formula is C17H21N5O4S2. The molecule has 1 fully saturated rings. The van der Waals surface area contributed by atoms with E-state index in [2.05, 4.69) is 14.8 Å². The molecule has 0 amide bonds. The summed E-state index contributed by atoms with van der Waals surface area (Å²) in [5.74, 6) is -0.0317. The van der Waals surface area contributed by atoms with Gasteiger partial charge in [-0.2, -0.15) is 17.8 Å². The summed E-state index contributed by atoms with van der Waals surface area (Å²) >= 11 is 0. The van der Waals surface area contributed by atoms with Gasteiger partial charge >= 0.3 is 0 Å². The van der Waals surface area contributed by atoms with Crippen LogP contribution in [0.15, 0.2) is 50.8 Å². The van der Waals surface area contributed by atoms with Crippen LogP contribution >= 0.6 is 0 Å². The van der Waals surface area contributed by atoms with Crippen molar-refractivity contribution >= 4 is 31.6 Å². The van der Waals surface area contributed by atoms with Crippen molar-refractivity contribution in [3.63, 3.8) is 0 Å². The molecule has 0 spiro atoms. The van der Waals surface area contributed by atoms with E-state index in [9.17, 15) is 16.8 Å². The molecule has 0 aliphatic carbocycles. The van der Waals surface area contributed by atoms with Gasteiger partial charge in [0.1, 0.15) is 15.6 Å². The summed E-state index contributed by atoms with van der Waals surface area (Å²) < 4.78 is 57.8. The Kier molecular flexibility index (Phi) is 4.76. The smallest absolute Gasteiger partial charge is 0.286 e. The quantitative estimate of drug-likeness (QED) is 0.797. The first-order valence-electron chi connectivity index (χ1n) is 9.05. The minimum Gasteiger partial charge on any atom is -0.342 e. The number of fused-ring (bicyclic) bond motifs is 1. The molecule has 2 aliphatic rings. The highest BCUT2D eigenvalue weighted by molar-refractivity contribution is 7.90. The zero-order valence-electron chi connectivity index (χ0n) is 15.3. The fourth-order valence-electron chi connectivity index (χ4n) is 3.49. The topological polar surface area (TPSA) is 114 Å². The Hall–Kier alpha value is -2.24. The number of amidine groups is 1. The van der Waals surface area contributed by atoms with Gasteiger partial charge in [0, 0.05) is 31.7 Å². The first-order valence-corrected chi connectivity index (χ1v) is 11.9. The summed E-state index contributed by atoms with van der Waals surface area (Å²) in [6.45, 7) is 3.01. The number of aryl methyl sites for hydroxylation is 1. The number of nitrogens with one attached hydrogen (secondary N) is 1. The predicted molar refractivity (Wildman–Crippen MR) is 104 cm³/mol. The maximum Gasteiger partial charge on any atom is 0.286 e. The first-order chi connectivity index (χ1) is 13.3. The lowest BCUT2D eigenvalue weighted by molar-refractivity contribution is 0.312. The van der Waals surface area contributed by atoms with Gasteiger partial charge < -0.3 is 5.32 Å². The van der Waals surface area contributed by atoms with Crippen molar-refractivity contribution in [1.82, 2.24) is 14.1 Å². The van der Waals surface area contributed by atoms with Gasteiger partial charge in [-0.05, 0) is 31.9 Å². The van der Waals surface area contributed by atoms with Gasteiger partial charge in [-0.1, -0.05) is 12.1 Å². The third kappa shape index (κ3) is 3.33. The van der Waals surface area contributed by atoms with E-state index < -0.39 is 20.0 Å². The van der Waals surface area contributed by atoms with E-state index >= 15 is 0 Å². The Labute approximate surface area is 164 Å². The Morgan fingerprint density at radius 3 is 2.82 bits per heavy atom. The molecule has 1 aromatic carbocycles. The molecule has 3 heterocycles. The van der Waals surface area contributed by atoms with Gasteiger partial charge in [0.25, 0.3) is 10.0 Å². The number of rotatable bonds is 4. The zero-order valence-corrected chi connectivity index (χ0v) is 16.9. The van der Waals surface area contributed by atoms with Crippen LogP contribution in [0.5, 0.6) is 0 Å². The third-order valence-corrected chi connectivity index (χ3v) is 8.16. The summed E-state index contributed by atoms with van der Waals surface area (Å²) in [5, 5.41) is 7.12. The Morgan fingerprint density at radius 1 is 1.29 bits per heavy atom. The van der Waals surface area contributed by atoms with Crippen LogP contribution < -0.4 is 5.32 Å². The van der Waals surface area contributed by atoms with Gasteiger partial charge in [0.15, 0.2) is 0 Å². The van der Waals surface area contributed by atoms with Gasteiger partial charge in [-0.15, -0.1) is 4.40 Å². The summed E-state index contributed by atoms with van der Waals surface area (Å²) in [6, 6.07) is 6.57. The number of hydrogen-bond acceptors (Lipinski definition) is 6. The number of hydrogen-bond donors (Lipinski definition) is 1. The van der Waals surface area contributed by atoms with E-state index in [1.807, 2.05) is 6.92 Å².